The summed E-state index contributed by atoms with van der Waals surface area (Å²) >= 11 is 0. The van der Waals surface area contributed by atoms with Gasteiger partial charge in [0.15, 0.2) is 0 Å². The van der Waals surface area contributed by atoms with Gasteiger partial charge in [0, 0.05) is 12.6 Å². The van der Waals surface area contributed by atoms with E-state index in [1.165, 1.54) is 24.0 Å². The Morgan fingerprint density at radius 1 is 1.42 bits per heavy atom. The van der Waals surface area contributed by atoms with Crippen LogP contribution in [0.25, 0.3) is 0 Å². The number of hydrogen-bond acceptors (Lipinski definition) is 2. The fourth-order valence-electron chi connectivity index (χ4n) is 2.05. The van der Waals surface area contributed by atoms with Crippen molar-refractivity contribution in [3.63, 3.8) is 0 Å². The lowest BCUT2D eigenvalue weighted by atomic mass is 10.0. The number of hydrogen-bond donors (Lipinski definition) is 1. The summed E-state index contributed by atoms with van der Waals surface area (Å²) in [6.45, 7) is 12.0. The fourth-order valence-corrected chi connectivity index (χ4v) is 2.05. The van der Waals surface area contributed by atoms with E-state index in [4.69, 9.17) is 4.74 Å². The first-order chi connectivity index (χ1) is 9.06. The highest BCUT2D eigenvalue weighted by Crippen LogP contribution is 2.27. The Morgan fingerprint density at radius 2 is 2.16 bits per heavy atom. The van der Waals surface area contributed by atoms with Crippen molar-refractivity contribution < 1.29 is 4.74 Å². The van der Waals surface area contributed by atoms with Crippen molar-refractivity contribution in [1.82, 2.24) is 5.32 Å². The summed E-state index contributed by atoms with van der Waals surface area (Å²) in [6, 6.07) is 7.16. The Bertz CT molecular complexity index is 447. The first-order valence-corrected chi connectivity index (χ1v) is 7.19. The van der Waals surface area contributed by atoms with E-state index in [-0.39, 0.29) is 0 Å². The van der Waals surface area contributed by atoms with Gasteiger partial charge in [-0.05, 0) is 48.4 Å². The van der Waals surface area contributed by atoms with Gasteiger partial charge in [-0.15, -0.1) is 0 Å². The molecule has 1 aliphatic rings. The molecule has 0 amide bonds. The zero-order chi connectivity index (χ0) is 13.8. The van der Waals surface area contributed by atoms with Crippen molar-refractivity contribution in [2.45, 2.75) is 45.6 Å². The maximum atomic E-state index is 5.95. The molecule has 0 radical (unpaired) electrons. The molecule has 1 aromatic carbocycles. The molecule has 104 valence electrons. The Morgan fingerprint density at radius 3 is 2.79 bits per heavy atom. The molecule has 1 aromatic rings. The molecule has 2 nitrogen and oxygen atoms in total. The summed E-state index contributed by atoms with van der Waals surface area (Å²) in [4.78, 5) is 0. The lowest BCUT2D eigenvalue weighted by molar-refractivity contribution is 0.343. The molecule has 0 heterocycles. The van der Waals surface area contributed by atoms with Gasteiger partial charge < -0.3 is 10.1 Å². The Balaban J connectivity index is 1.89. The van der Waals surface area contributed by atoms with E-state index < -0.39 is 0 Å². The second kappa shape index (κ2) is 6.25. The molecule has 0 bridgehead atoms. The van der Waals surface area contributed by atoms with Crippen molar-refractivity contribution in [2.24, 2.45) is 0 Å². The van der Waals surface area contributed by atoms with Crippen LogP contribution in [0.2, 0.25) is 0 Å². The van der Waals surface area contributed by atoms with E-state index in [2.05, 4.69) is 50.9 Å². The fraction of sp³-hybridized carbons (Fsp3) is 0.529. The quantitative estimate of drug-likeness (QED) is 0.752. The third-order valence-electron chi connectivity index (χ3n) is 3.44. The summed E-state index contributed by atoms with van der Waals surface area (Å²) in [5, 5.41) is 3.46. The van der Waals surface area contributed by atoms with Gasteiger partial charge in [0.05, 0.1) is 0 Å². The van der Waals surface area contributed by atoms with Crippen LogP contribution in [0.3, 0.4) is 0 Å². The Labute approximate surface area is 116 Å². The first-order valence-electron chi connectivity index (χ1n) is 7.19. The maximum Gasteiger partial charge on any atom is 0.123 e. The minimum absolute atomic E-state index is 0.480. The monoisotopic (exact) mass is 259 g/mol. The predicted molar refractivity (Wildman–Crippen MR) is 80.9 cm³/mol. The highest BCUT2D eigenvalue weighted by atomic mass is 16.5. The second-order valence-corrected chi connectivity index (χ2v) is 5.89. The zero-order valence-corrected chi connectivity index (χ0v) is 12.3. The van der Waals surface area contributed by atoms with Crippen molar-refractivity contribution in [2.75, 3.05) is 13.2 Å². The first kappa shape index (κ1) is 14.1. The molecule has 1 fully saturated rings. The van der Waals surface area contributed by atoms with Gasteiger partial charge in [-0.3, -0.25) is 0 Å². The minimum atomic E-state index is 0.480. The topological polar surface area (TPSA) is 21.3 Å². The second-order valence-electron chi connectivity index (χ2n) is 5.89. The highest BCUT2D eigenvalue weighted by molar-refractivity contribution is 5.39. The molecule has 0 saturated heterocycles. The molecule has 2 rings (SSSR count). The highest BCUT2D eigenvalue weighted by Gasteiger charge is 2.20. The van der Waals surface area contributed by atoms with E-state index in [0.29, 0.717) is 12.5 Å². The summed E-state index contributed by atoms with van der Waals surface area (Å²) in [5.41, 5.74) is 3.62. The van der Waals surface area contributed by atoms with Gasteiger partial charge in [-0.25, -0.2) is 0 Å². The van der Waals surface area contributed by atoms with Crippen molar-refractivity contribution >= 4 is 0 Å². The van der Waals surface area contributed by atoms with Crippen molar-refractivity contribution in [3.8, 4) is 5.75 Å². The lowest BCUT2D eigenvalue weighted by Crippen LogP contribution is -2.21. The molecule has 1 saturated carbocycles. The number of aryl methyl sites for hydroxylation is 1. The average Bonchev–Trinajstić information content (AvgIpc) is 3.17. The van der Waals surface area contributed by atoms with Crippen LogP contribution in [-0.2, 0) is 0 Å². The normalized spacial score (nSPS) is 14.7. The van der Waals surface area contributed by atoms with Crippen LogP contribution < -0.4 is 10.1 Å². The Hall–Kier alpha value is -1.28. The summed E-state index contributed by atoms with van der Waals surface area (Å²) in [7, 11) is 0. The van der Waals surface area contributed by atoms with E-state index in [9.17, 15) is 0 Å². The molecule has 19 heavy (non-hydrogen) atoms. The van der Waals surface area contributed by atoms with Crippen LogP contribution in [0.1, 0.15) is 43.7 Å². The average molecular weight is 259 g/mol. The molecule has 1 N–H and O–H groups in total. The molecular formula is C17H25NO. The van der Waals surface area contributed by atoms with Gasteiger partial charge >= 0.3 is 0 Å². The van der Waals surface area contributed by atoms with E-state index in [1.807, 2.05) is 0 Å². The van der Waals surface area contributed by atoms with Gasteiger partial charge in [-0.2, -0.15) is 0 Å². The smallest absolute Gasteiger partial charge is 0.123 e. The van der Waals surface area contributed by atoms with Crippen molar-refractivity contribution in [3.05, 3.63) is 41.5 Å². The van der Waals surface area contributed by atoms with Crippen molar-refractivity contribution in [1.29, 1.82) is 0 Å². The largest absolute Gasteiger partial charge is 0.489 e. The minimum Gasteiger partial charge on any atom is -0.489 e. The van der Waals surface area contributed by atoms with Gasteiger partial charge in [0.1, 0.15) is 12.4 Å². The number of rotatable bonds is 7. The molecule has 1 aliphatic carbocycles. The van der Waals surface area contributed by atoms with E-state index >= 15 is 0 Å². The van der Waals surface area contributed by atoms with E-state index in [1.54, 1.807) is 0 Å². The van der Waals surface area contributed by atoms with Gasteiger partial charge in [0.2, 0.25) is 0 Å². The predicted octanol–water partition coefficient (Wildman–Crippen LogP) is 3.81. The number of benzene rings is 1. The van der Waals surface area contributed by atoms with Crippen LogP contribution in [0.15, 0.2) is 30.4 Å². The molecule has 2 heteroatoms. The zero-order valence-electron chi connectivity index (χ0n) is 12.3. The third-order valence-corrected chi connectivity index (χ3v) is 3.44. The van der Waals surface area contributed by atoms with Crippen LogP contribution in [0.4, 0.5) is 0 Å². The summed E-state index contributed by atoms with van der Waals surface area (Å²) in [6.07, 6.45) is 2.62. The summed E-state index contributed by atoms with van der Waals surface area (Å²) in [5.74, 6) is 1.48. The summed E-state index contributed by atoms with van der Waals surface area (Å²) < 4.78 is 5.95. The van der Waals surface area contributed by atoms with Crippen LogP contribution in [-0.4, -0.2) is 19.2 Å². The van der Waals surface area contributed by atoms with Crippen LogP contribution in [0.5, 0.6) is 5.75 Å². The molecule has 0 unspecified atom stereocenters. The van der Waals surface area contributed by atoms with E-state index in [0.717, 1.165) is 23.9 Å². The number of ether oxygens (including phenoxy) is 1. The number of nitrogens with one attached hydrogen (secondary N) is 1. The van der Waals surface area contributed by atoms with Crippen LogP contribution in [0, 0.1) is 6.92 Å². The molecule has 0 spiro atoms. The standard InChI is InChI=1S/C17H25NO/c1-12(2)16-8-5-13(3)9-17(16)19-11-14(4)10-18-15-6-7-15/h5,8-9,12,15,18H,4,6-7,10-11H2,1-3H3. The lowest BCUT2D eigenvalue weighted by Gasteiger charge is -2.16. The SMILES string of the molecule is C=C(CNC1CC1)COc1cc(C)ccc1C(C)C. The Kier molecular flexibility index (Phi) is 4.65. The molecule has 0 atom stereocenters. The molecule has 0 aromatic heterocycles. The third kappa shape index (κ3) is 4.39. The van der Waals surface area contributed by atoms with Crippen LogP contribution >= 0.6 is 0 Å². The van der Waals surface area contributed by atoms with Gasteiger partial charge in [-0.1, -0.05) is 32.6 Å². The maximum absolute atomic E-state index is 5.95. The molecule has 0 aliphatic heterocycles. The van der Waals surface area contributed by atoms with Gasteiger partial charge in [0.25, 0.3) is 0 Å². The molecular weight excluding hydrogens is 234 g/mol.